The van der Waals surface area contributed by atoms with E-state index in [9.17, 15) is 4.79 Å². The molecular weight excluding hydrogens is 188 g/mol. The summed E-state index contributed by atoms with van der Waals surface area (Å²) in [4.78, 5) is 11.3. The summed E-state index contributed by atoms with van der Waals surface area (Å²) in [5.41, 5.74) is 5.44. The van der Waals surface area contributed by atoms with E-state index in [2.05, 4.69) is 5.32 Å². The smallest absolute Gasteiger partial charge is 0.220 e. The minimum atomic E-state index is 0.249. The quantitative estimate of drug-likeness (QED) is 0.661. The molecule has 0 aromatic carbocycles. The van der Waals surface area contributed by atoms with Gasteiger partial charge in [0, 0.05) is 12.5 Å². The topological polar surface area (TPSA) is 55.1 Å². The van der Waals surface area contributed by atoms with E-state index in [0.717, 1.165) is 32.2 Å². The third-order valence-corrected chi connectivity index (χ3v) is 3.08. The molecule has 0 aliphatic carbocycles. The molecule has 0 aromatic rings. The van der Waals surface area contributed by atoms with Crippen LogP contribution in [-0.4, -0.2) is 18.5 Å². The van der Waals surface area contributed by atoms with Crippen molar-refractivity contribution in [2.24, 2.45) is 5.73 Å². The van der Waals surface area contributed by atoms with Gasteiger partial charge in [0.25, 0.3) is 0 Å². The van der Waals surface area contributed by atoms with Gasteiger partial charge in [0.05, 0.1) is 0 Å². The Morgan fingerprint density at radius 2 is 2.00 bits per heavy atom. The molecule has 15 heavy (non-hydrogen) atoms. The SMILES string of the molecule is NCCCCCCC1CCCCC(=O)N1. The van der Waals surface area contributed by atoms with Crippen LogP contribution in [0.25, 0.3) is 0 Å². The van der Waals surface area contributed by atoms with Crippen molar-refractivity contribution in [2.45, 2.75) is 63.8 Å². The van der Waals surface area contributed by atoms with Gasteiger partial charge in [-0.25, -0.2) is 0 Å². The highest BCUT2D eigenvalue weighted by atomic mass is 16.1. The number of nitrogens with one attached hydrogen (secondary N) is 1. The molecule has 1 heterocycles. The zero-order valence-corrected chi connectivity index (χ0v) is 9.63. The summed E-state index contributed by atoms with van der Waals surface area (Å²) in [6.07, 6.45) is 10.2. The first-order valence-corrected chi connectivity index (χ1v) is 6.32. The van der Waals surface area contributed by atoms with Gasteiger partial charge in [0.15, 0.2) is 0 Å². The Hall–Kier alpha value is -0.570. The zero-order valence-electron chi connectivity index (χ0n) is 9.63. The standard InChI is InChI=1S/C12H24N2O/c13-10-6-2-1-3-7-11-8-4-5-9-12(15)14-11/h11H,1-10,13H2,(H,14,15). The number of nitrogens with two attached hydrogens (primary N) is 1. The second-order valence-corrected chi connectivity index (χ2v) is 4.50. The minimum absolute atomic E-state index is 0.249. The Morgan fingerprint density at radius 1 is 1.20 bits per heavy atom. The number of hydrogen-bond acceptors (Lipinski definition) is 2. The molecule has 3 nitrogen and oxygen atoms in total. The highest BCUT2D eigenvalue weighted by molar-refractivity contribution is 5.76. The van der Waals surface area contributed by atoms with Gasteiger partial charge >= 0.3 is 0 Å². The molecule has 1 fully saturated rings. The molecular formula is C12H24N2O. The Labute approximate surface area is 92.8 Å². The molecule has 1 aliphatic rings. The van der Waals surface area contributed by atoms with Gasteiger partial charge in [-0.05, 0) is 32.2 Å². The van der Waals surface area contributed by atoms with Crippen LogP contribution in [0, 0.1) is 0 Å². The van der Waals surface area contributed by atoms with Crippen molar-refractivity contribution in [3.8, 4) is 0 Å². The van der Waals surface area contributed by atoms with Gasteiger partial charge in [-0.3, -0.25) is 4.79 Å². The molecule has 1 amide bonds. The molecule has 3 heteroatoms. The number of hydrogen-bond donors (Lipinski definition) is 2. The summed E-state index contributed by atoms with van der Waals surface area (Å²) >= 11 is 0. The molecule has 1 aliphatic heterocycles. The Balaban J connectivity index is 2.06. The maximum Gasteiger partial charge on any atom is 0.220 e. The lowest BCUT2D eigenvalue weighted by molar-refractivity contribution is -0.121. The maximum absolute atomic E-state index is 11.3. The summed E-state index contributed by atoms with van der Waals surface area (Å²) in [6.45, 7) is 0.806. The predicted octanol–water partition coefficient (Wildman–Crippen LogP) is 1.95. The molecule has 0 bridgehead atoms. The van der Waals surface area contributed by atoms with Gasteiger partial charge in [0.1, 0.15) is 0 Å². The molecule has 0 radical (unpaired) electrons. The molecule has 0 saturated carbocycles. The summed E-state index contributed by atoms with van der Waals surface area (Å²) in [7, 11) is 0. The second-order valence-electron chi connectivity index (χ2n) is 4.50. The van der Waals surface area contributed by atoms with Crippen LogP contribution in [0.5, 0.6) is 0 Å². The van der Waals surface area contributed by atoms with Crippen molar-refractivity contribution in [3.05, 3.63) is 0 Å². The van der Waals surface area contributed by atoms with Crippen molar-refractivity contribution in [2.75, 3.05) is 6.54 Å². The fourth-order valence-electron chi connectivity index (χ4n) is 2.15. The number of unbranched alkanes of at least 4 members (excludes halogenated alkanes) is 3. The average molecular weight is 212 g/mol. The van der Waals surface area contributed by atoms with Crippen molar-refractivity contribution in [1.29, 1.82) is 0 Å². The molecule has 1 unspecified atom stereocenters. The Morgan fingerprint density at radius 3 is 2.80 bits per heavy atom. The van der Waals surface area contributed by atoms with Gasteiger partial charge in [-0.1, -0.05) is 25.7 Å². The normalized spacial score (nSPS) is 22.2. The van der Waals surface area contributed by atoms with E-state index >= 15 is 0 Å². The van der Waals surface area contributed by atoms with Crippen LogP contribution >= 0.6 is 0 Å². The van der Waals surface area contributed by atoms with Crippen LogP contribution < -0.4 is 11.1 Å². The summed E-state index contributed by atoms with van der Waals surface area (Å²) in [5.74, 6) is 0.249. The van der Waals surface area contributed by atoms with Gasteiger partial charge in [-0.2, -0.15) is 0 Å². The number of carbonyl (C=O) groups excluding carboxylic acids is 1. The molecule has 0 spiro atoms. The monoisotopic (exact) mass is 212 g/mol. The Bertz CT molecular complexity index is 182. The van der Waals surface area contributed by atoms with Crippen LogP contribution in [-0.2, 0) is 4.79 Å². The second kappa shape index (κ2) is 7.69. The number of rotatable bonds is 6. The van der Waals surface area contributed by atoms with Gasteiger partial charge in [0.2, 0.25) is 5.91 Å². The van der Waals surface area contributed by atoms with E-state index in [-0.39, 0.29) is 5.91 Å². The fourth-order valence-corrected chi connectivity index (χ4v) is 2.15. The highest BCUT2D eigenvalue weighted by Gasteiger charge is 2.15. The zero-order chi connectivity index (χ0) is 10.9. The third kappa shape index (κ3) is 5.78. The largest absolute Gasteiger partial charge is 0.353 e. The third-order valence-electron chi connectivity index (χ3n) is 3.08. The summed E-state index contributed by atoms with van der Waals surface area (Å²) in [6, 6.07) is 0.442. The lowest BCUT2D eigenvalue weighted by Gasteiger charge is -2.15. The summed E-state index contributed by atoms with van der Waals surface area (Å²) in [5, 5.41) is 3.11. The first kappa shape index (κ1) is 12.5. The van der Waals surface area contributed by atoms with E-state index in [1.165, 1.54) is 32.1 Å². The minimum Gasteiger partial charge on any atom is -0.353 e. The van der Waals surface area contributed by atoms with Crippen LogP contribution in [0.4, 0.5) is 0 Å². The molecule has 1 saturated heterocycles. The molecule has 88 valence electrons. The van der Waals surface area contributed by atoms with Crippen LogP contribution in [0.3, 0.4) is 0 Å². The summed E-state index contributed by atoms with van der Waals surface area (Å²) < 4.78 is 0. The van der Waals surface area contributed by atoms with Crippen molar-refractivity contribution < 1.29 is 4.79 Å². The van der Waals surface area contributed by atoms with E-state index in [1.807, 2.05) is 0 Å². The van der Waals surface area contributed by atoms with E-state index in [1.54, 1.807) is 0 Å². The van der Waals surface area contributed by atoms with Crippen LogP contribution in [0.2, 0.25) is 0 Å². The highest BCUT2D eigenvalue weighted by Crippen LogP contribution is 2.14. The van der Waals surface area contributed by atoms with Gasteiger partial charge < -0.3 is 11.1 Å². The molecule has 1 atom stereocenters. The van der Waals surface area contributed by atoms with Crippen molar-refractivity contribution in [3.63, 3.8) is 0 Å². The van der Waals surface area contributed by atoms with Crippen LogP contribution in [0.15, 0.2) is 0 Å². The maximum atomic E-state index is 11.3. The molecule has 0 aromatic heterocycles. The fraction of sp³-hybridized carbons (Fsp3) is 0.917. The number of amides is 1. The molecule has 3 N–H and O–H groups in total. The first-order chi connectivity index (χ1) is 7.33. The number of carbonyl (C=O) groups is 1. The van der Waals surface area contributed by atoms with Crippen molar-refractivity contribution >= 4 is 5.91 Å². The molecule has 1 rings (SSSR count). The Kier molecular flexibility index (Phi) is 6.41. The van der Waals surface area contributed by atoms with Crippen molar-refractivity contribution in [1.82, 2.24) is 5.32 Å². The lowest BCUT2D eigenvalue weighted by atomic mass is 10.0. The van der Waals surface area contributed by atoms with Crippen LogP contribution in [0.1, 0.15) is 57.8 Å². The van der Waals surface area contributed by atoms with E-state index in [0.29, 0.717) is 6.04 Å². The predicted molar refractivity (Wildman–Crippen MR) is 62.5 cm³/mol. The van der Waals surface area contributed by atoms with Gasteiger partial charge in [-0.15, -0.1) is 0 Å². The lowest BCUT2D eigenvalue weighted by Crippen LogP contribution is -2.32. The van der Waals surface area contributed by atoms with E-state index < -0.39 is 0 Å². The van der Waals surface area contributed by atoms with E-state index in [4.69, 9.17) is 5.73 Å². The first-order valence-electron chi connectivity index (χ1n) is 6.32. The average Bonchev–Trinajstić information content (AvgIpc) is 2.43.